The minimum atomic E-state index is -1.58. The van der Waals surface area contributed by atoms with E-state index in [0.717, 1.165) is 0 Å². The van der Waals surface area contributed by atoms with Crippen LogP contribution in [0, 0.1) is 16.2 Å². The number of fused-ring (bicyclic) bond motifs is 2. The predicted molar refractivity (Wildman–Crippen MR) is 48.6 cm³/mol. The highest BCUT2D eigenvalue weighted by Gasteiger charge is 2.75. The number of rotatable bonds is 1. The van der Waals surface area contributed by atoms with Crippen LogP contribution in [0.4, 0.5) is 0 Å². The summed E-state index contributed by atoms with van der Waals surface area (Å²) in [6.45, 7) is 5.04. The van der Waals surface area contributed by atoms with E-state index < -0.39 is 33.8 Å². The highest BCUT2D eigenvalue weighted by Crippen LogP contribution is 2.68. The van der Waals surface area contributed by atoms with Crippen LogP contribution in [0.15, 0.2) is 0 Å². The van der Waals surface area contributed by atoms with E-state index in [1.54, 1.807) is 20.8 Å². The van der Waals surface area contributed by atoms with Crippen molar-refractivity contribution < 1.29 is 19.5 Å². The van der Waals surface area contributed by atoms with Crippen LogP contribution in [0.5, 0.6) is 0 Å². The third-order valence-electron chi connectivity index (χ3n) is 4.89. The van der Waals surface area contributed by atoms with Crippen LogP contribution in [-0.4, -0.2) is 17.5 Å². The van der Waals surface area contributed by atoms with Gasteiger partial charge in [0.1, 0.15) is 0 Å². The predicted octanol–water partition coefficient (Wildman–Crippen LogP) is -0.299. The third-order valence-corrected chi connectivity index (χ3v) is 4.89. The monoisotopic (exact) mass is 209 g/mol. The Hall–Kier alpha value is -1.19. The number of carboxylic acid groups (broad SMARTS) is 1. The lowest BCUT2D eigenvalue weighted by molar-refractivity contribution is -0.320. The van der Waals surface area contributed by atoms with Crippen molar-refractivity contribution in [3.05, 3.63) is 0 Å². The van der Waals surface area contributed by atoms with Gasteiger partial charge in [-0.15, -0.1) is 0 Å². The fourth-order valence-electron chi connectivity index (χ4n) is 3.22. The molecule has 2 rings (SSSR count). The van der Waals surface area contributed by atoms with Gasteiger partial charge in [-0.3, -0.25) is 9.59 Å². The second-order valence-electron chi connectivity index (χ2n) is 5.31. The molecular weight excluding hydrogens is 196 g/mol. The maximum atomic E-state index is 11.8. The number of carboxylic acids is 1. The standard InChI is InChI=1S/C11H14O4/c1-9(2)10(3)4-5-11(9,8(14)15)7(13)6(10)12/h4-5H2,1-3H3,(H,14,15)/p-1/t10-,11+/m1/s1. The number of hydrogen-bond donors (Lipinski definition) is 0. The molecule has 0 amide bonds. The second kappa shape index (κ2) is 2.31. The van der Waals surface area contributed by atoms with Gasteiger partial charge < -0.3 is 9.90 Å². The Bertz CT molecular complexity index is 395. The molecule has 0 aromatic carbocycles. The van der Waals surface area contributed by atoms with Gasteiger partial charge in [0.05, 0.1) is 11.4 Å². The number of ketones is 2. The quantitative estimate of drug-likeness (QED) is 0.439. The maximum absolute atomic E-state index is 11.8. The summed E-state index contributed by atoms with van der Waals surface area (Å²) in [6.07, 6.45) is 0.682. The topological polar surface area (TPSA) is 74.3 Å². The molecule has 2 fully saturated rings. The Balaban J connectivity index is 2.73. The summed E-state index contributed by atoms with van der Waals surface area (Å²) in [5.74, 6) is -2.70. The van der Waals surface area contributed by atoms with Gasteiger partial charge in [-0.2, -0.15) is 0 Å². The lowest BCUT2D eigenvalue weighted by atomic mass is 9.65. The third kappa shape index (κ3) is 0.713. The summed E-state index contributed by atoms with van der Waals surface area (Å²) in [4.78, 5) is 34.8. The average molecular weight is 209 g/mol. The molecule has 2 aliphatic rings. The van der Waals surface area contributed by atoms with Crippen molar-refractivity contribution in [1.29, 1.82) is 0 Å². The first kappa shape index (κ1) is 10.3. The fourth-order valence-corrected chi connectivity index (χ4v) is 3.22. The van der Waals surface area contributed by atoms with Gasteiger partial charge in [0.25, 0.3) is 0 Å². The van der Waals surface area contributed by atoms with E-state index in [9.17, 15) is 19.5 Å². The van der Waals surface area contributed by atoms with E-state index in [4.69, 9.17) is 0 Å². The van der Waals surface area contributed by atoms with Gasteiger partial charge in [-0.1, -0.05) is 20.8 Å². The first-order valence-electron chi connectivity index (χ1n) is 5.02. The van der Waals surface area contributed by atoms with Crippen molar-refractivity contribution in [2.75, 3.05) is 0 Å². The Morgan fingerprint density at radius 1 is 1.13 bits per heavy atom. The number of hydrogen-bond acceptors (Lipinski definition) is 4. The van der Waals surface area contributed by atoms with E-state index in [0.29, 0.717) is 6.42 Å². The lowest BCUT2D eigenvalue weighted by Gasteiger charge is -2.38. The normalized spacial score (nSPS) is 42.3. The molecule has 0 aromatic rings. The zero-order chi connectivity index (χ0) is 11.6. The van der Waals surface area contributed by atoms with Crippen LogP contribution in [0.3, 0.4) is 0 Å². The molecule has 2 aliphatic carbocycles. The van der Waals surface area contributed by atoms with Crippen LogP contribution >= 0.6 is 0 Å². The molecule has 0 unspecified atom stereocenters. The number of carbonyl (C=O) groups excluding carboxylic acids is 3. The fraction of sp³-hybridized carbons (Fsp3) is 0.727. The van der Waals surface area contributed by atoms with Gasteiger partial charge in [-0.05, 0) is 18.3 Å². The highest BCUT2D eigenvalue weighted by atomic mass is 16.4. The summed E-state index contributed by atoms with van der Waals surface area (Å²) >= 11 is 0. The van der Waals surface area contributed by atoms with Crippen LogP contribution in [0.25, 0.3) is 0 Å². The van der Waals surface area contributed by atoms with E-state index in [-0.39, 0.29) is 6.42 Å². The van der Waals surface area contributed by atoms with Crippen LogP contribution in [-0.2, 0) is 14.4 Å². The van der Waals surface area contributed by atoms with Crippen molar-refractivity contribution in [3.8, 4) is 0 Å². The second-order valence-corrected chi connectivity index (χ2v) is 5.31. The van der Waals surface area contributed by atoms with Gasteiger partial charge >= 0.3 is 0 Å². The molecule has 0 N–H and O–H groups in total. The molecule has 0 saturated heterocycles. The molecule has 2 bridgehead atoms. The largest absolute Gasteiger partial charge is 0.549 e. The van der Waals surface area contributed by atoms with Gasteiger partial charge in [0.15, 0.2) is 0 Å². The van der Waals surface area contributed by atoms with Gasteiger partial charge in [-0.25, -0.2) is 0 Å². The van der Waals surface area contributed by atoms with Crippen molar-refractivity contribution >= 4 is 17.5 Å². The Morgan fingerprint density at radius 2 is 1.67 bits per heavy atom. The summed E-state index contributed by atoms with van der Waals surface area (Å²) in [6, 6.07) is 0. The molecule has 0 aliphatic heterocycles. The Labute approximate surface area is 87.7 Å². The maximum Gasteiger partial charge on any atom is 0.211 e. The number of carbonyl (C=O) groups is 3. The Kier molecular flexibility index (Phi) is 1.59. The zero-order valence-electron chi connectivity index (χ0n) is 9.05. The van der Waals surface area contributed by atoms with Crippen molar-refractivity contribution in [1.82, 2.24) is 0 Å². The van der Waals surface area contributed by atoms with Crippen molar-refractivity contribution in [2.24, 2.45) is 16.2 Å². The van der Waals surface area contributed by atoms with Crippen LogP contribution < -0.4 is 5.11 Å². The van der Waals surface area contributed by atoms with Crippen molar-refractivity contribution in [2.45, 2.75) is 33.6 Å². The van der Waals surface area contributed by atoms with E-state index in [1.807, 2.05) is 0 Å². The van der Waals surface area contributed by atoms with Crippen molar-refractivity contribution in [3.63, 3.8) is 0 Å². The number of aliphatic carboxylic acids is 1. The molecule has 4 heteroatoms. The van der Waals surface area contributed by atoms with Gasteiger partial charge in [0.2, 0.25) is 11.6 Å². The molecule has 4 nitrogen and oxygen atoms in total. The molecule has 0 heterocycles. The van der Waals surface area contributed by atoms with E-state index in [1.165, 1.54) is 0 Å². The van der Waals surface area contributed by atoms with Crippen LogP contribution in [0.1, 0.15) is 33.6 Å². The van der Waals surface area contributed by atoms with E-state index in [2.05, 4.69) is 0 Å². The SMILES string of the molecule is CC1(C)[C@@]2(C(=O)[O-])CC[C@]1(C)C(=O)C2=O. The molecule has 0 radical (unpaired) electrons. The molecular formula is C11H13O4-. The first-order chi connectivity index (χ1) is 6.72. The Morgan fingerprint density at radius 3 is 1.93 bits per heavy atom. The molecule has 2 atom stereocenters. The summed E-state index contributed by atoms with van der Waals surface area (Å²) in [7, 11) is 0. The summed E-state index contributed by atoms with van der Waals surface area (Å²) in [5.41, 5.74) is -3.25. The smallest absolute Gasteiger partial charge is 0.211 e. The molecule has 82 valence electrons. The summed E-state index contributed by atoms with van der Waals surface area (Å²) < 4.78 is 0. The highest BCUT2D eigenvalue weighted by molar-refractivity contribution is 6.48. The molecule has 2 saturated carbocycles. The summed E-state index contributed by atoms with van der Waals surface area (Å²) in [5, 5.41) is 11.2. The van der Waals surface area contributed by atoms with Crippen LogP contribution in [0.2, 0.25) is 0 Å². The minimum absolute atomic E-state index is 0.226. The molecule has 15 heavy (non-hydrogen) atoms. The molecule has 0 spiro atoms. The molecule has 0 aromatic heterocycles. The average Bonchev–Trinajstić information content (AvgIpc) is 2.39. The number of Topliss-reactive ketones (excluding diaryl/α,β-unsaturated/α-hetero) is 2. The zero-order valence-corrected chi connectivity index (χ0v) is 9.05. The first-order valence-corrected chi connectivity index (χ1v) is 5.02. The lowest BCUT2D eigenvalue weighted by Crippen LogP contribution is -2.51. The van der Waals surface area contributed by atoms with Gasteiger partial charge in [0, 0.05) is 5.41 Å². The minimum Gasteiger partial charge on any atom is -0.549 e. The van der Waals surface area contributed by atoms with E-state index >= 15 is 0 Å².